The lowest BCUT2D eigenvalue weighted by Crippen LogP contribution is -2.44. The molecule has 1 aliphatic rings. The number of fused-ring (bicyclic) bond motifs is 7. The molecule has 12 aromatic rings. The van der Waals surface area contributed by atoms with E-state index in [1.165, 1.54) is 54.9 Å². The summed E-state index contributed by atoms with van der Waals surface area (Å²) in [5.74, 6) is 0.826. The summed E-state index contributed by atoms with van der Waals surface area (Å²) in [4.78, 5) is 10.2. The lowest BCUT2D eigenvalue weighted by Gasteiger charge is -2.45. The molecular weight excluding hydrogens is 825 g/mol. The molecule has 0 saturated carbocycles. The Morgan fingerprint density at radius 2 is 0.956 bits per heavy atom. The molecule has 68 heavy (non-hydrogen) atoms. The predicted octanol–water partition coefficient (Wildman–Crippen LogP) is 16.6. The molecule has 0 saturated heterocycles. The predicted molar refractivity (Wildman–Crippen MR) is 283 cm³/mol. The SMILES string of the molecule is c1ccc(N(c2ccccc2)C2(c3ccccc3)c3ccccc3-c3ccc(N(c4ccc5ccccc5c4)c4ccc(-c5ccc6c7ccccc7n(-c7ccccc7)c6c5)cn4)cc32)cc1. The molecule has 1 unspecified atom stereocenters. The maximum atomic E-state index is 5.36. The fourth-order valence-corrected chi connectivity index (χ4v) is 10.9. The third-order valence-corrected chi connectivity index (χ3v) is 13.8. The molecule has 0 N–H and O–H groups in total. The van der Waals surface area contributed by atoms with Gasteiger partial charge in [-0.05, 0) is 129 Å². The maximum absolute atomic E-state index is 5.36. The fraction of sp³-hybridized carbons (Fsp3) is 0.0156. The van der Waals surface area contributed by atoms with Crippen LogP contribution in [0.1, 0.15) is 16.7 Å². The van der Waals surface area contributed by atoms with Crippen LogP contribution in [-0.2, 0) is 5.54 Å². The number of rotatable bonds is 9. The molecule has 2 heterocycles. The zero-order chi connectivity index (χ0) is 45.0. The first-order valence-electron chi connectivity index (χ1n) is 23.3. The van der Waals surface area contributed by atoms with Gasteiger partial charge in [-0.15, -0.1) is 0 Å². The normalized spacial score (nSPS) is 13.9. The Labute approximate surface area is 395 Å². The largest absolute Gasteiger partial charge is 0.323 e. The number of nitrogens with zero attached hydrogens (tertiary/aromatic N) is 4. The van der Waals surface area contributed by atoms with E-state index < -0.39 is 5.54 Å². The summed E-state index contributed by atoms with van der Waals surface area (Å²) in [6.45, 7) is 0. The topological polar surface area (TPSA) is 24.3 Å². The second kappa shape index (κ2) is 16.2. The fourth-order valence-electron chi connectivity index (χ4n) is 10.9. The van der Waals surface area contributed by atoms with Crippen LogP contribution >= 0.6 is 0 Å². The second-order valence-corrected chi connectivity index (χ2v) is 17.6. The van der Waals surface area contributed by atoms with Crippen molar-refractivity contribution in [3.05, 3.63) is 284 Å². The van der Waals surface area contributed by atoms with Gasteiger partial charge >= 0.3 is 0 Å². The van der Waals surface area contributed by atoms with Crippen molar-refractivity contribution in [3.8, 4) is 27.9 Å². The summed E-state index contributed by atoms with van der Waals surface area (Å²) < 4.78 is 2.37. The van der Waals surface area contributed by atoms with Crippen molar-refractivity contribution in [2.45, 2.75) is 5.54 Å². The van der Waals surface area contributed by atoms with E-state index in [1.54, 1.807) is 0 Å². The Bertz CT molecular complexity index is 3750. The molecule has 4 nitrogen and oxygen atoms in total. The van der Waals surface area contributed by atoms with Gasteiger partial charge < -0.3 is 9.47 Å². The lowest BCUT2D eigenvalue weighted by atomic mass is 9.78. The van der Waals surface area contributed by atoms with Gasteiger partial charge in [-0.25, -0.2) is 4.98 Å². The Balaban J connectivity index is 1.01. The van der Waals surface area contributed by atoms with E-state index in [-0.39, 0.29) is 0 Å². The number of hydrogen-bond acceptors (Lipinski definition) is 3. The molecule has 0 fully saturated rings. The van der Waals surface area contributed by atoms with Gasteiger partial charge in [0.1, 0.15) is 11.4 Å². The minimum atomic E-state index is -0.751. The van der Waals surface area contributed by atoms with Gasteiger partial charge in [0.05, 0.1) is 11.0 Å². The van der Waals surface area contributed by atoms with Gasteiger partial charge in [-0.2, -0.15) is 0 Å². The summed E-state index contributed by atoms with van der Waals surface area (Å²) in [5, 5.41) is 4.82. The summed E-state index contributed by atoms with van der Waals surface area (Å²) in [7, 11) is 0. The highest BCUT2D eigenvalue weighted by molar-refractivity contribution is 6.10. The Kier molecular flexibility index (Phi) is 9.36. The van der Waals surface area contributed by atoms with Crippen LogP contribution in [0.2, 0.25) is 0 Å². The van der Waals surface area contributed by atoms with Crippen LogP contribution in [-0.4, -0.2) is 9.55 Å². The minimum Gasteiger partial charge on any atom is -0.323 e. The molecule has 10 aromatic carbocycles. The van der Waals surface area contributed by atoms with Crippen molar-refractivity contribution >= 4 is 61.1 Å². The van der Waals surface area contributed by atoms with Crippen LogP contribution in [0.5, 0.6) is 0 Å². The van der Waals surface area contributed by atoms with E-state index in [0.29, 0.717) is 0 Å². The Morgan fingerprint density at radius 3 is 1.71 bits per heavy atom. The second-order valence-electron chi connectivity index (χ2n) is 17.6. The van der Waals surface area contributed by atoms with Crippen LogP contribution < -0.4 is 9.80 Å². The monoisotopic (exact) mass is 868 g/mol. The summed E-state index contributed by atoms with van der Waals surface area (Å²) in [6.07, 6.45) is 2.03. The molecule has 0 spiro atoms. The van der Waals surface area contributed by atoms with Gasteiger partial charge in [0.15, 0.2) is 0 Å². The zero-order valence-electron chi connectivity index (χ0n) is 37.2. The van der Waals surface area contributed by atoms with E-state index in [9.17, 15) is 0 Å². The first-order valence-corrected chi connectivity index (χ1v) is 23.3. The molecule has 4 heteroatoms. The van der Waals surface area contributed by atoms with Crippen LogP contribution in [0.25, 0.3) is 60.5 Å². The highest BCUT2D eigenvalue weighted by atomic mass is 15.2. The Morgan fingerprint density at radius 1 is 0.368 bits per heavy atom. The maximum Gasteiger partial charge on any atom is 0.137 e. The van der Waals surface area contributed by atoms with Crippen LogP contribution in [0.15, 0.2) is 267 Å². The highest BCUT2D eigenvalue weighted by Crippen LogP contribution is 2.58. The minimum absolute atomic E-state index is 0.751. The molecule has 0 amide bonds. The number of anilines is 5. The van der Waals surface area contributed by atoms with Gasteiger partial charge in [0.2, 0.25) is 0 Å². The van der Waals surface area contributed by atoms with Crippen molar-refractivity contribution < 1.29 is 0 Å². The van der Waals surface area contributed by atoms with Gasteiger partial charge in [0, 0.05) is 51.0 Å². The lowest BCUT2D eigenvalue weighted by molar-refractivity contribution is 0.644. The molecule has 1 aliphatic carbocycles. The number of hydrogen-bond donors (Lipinski definition) is 0. The molecule has 320 valence electrons. The van der Waals surface area contributed by atoms with Crippen molar-refractivity contribution in [1.82, 2.24) is 9.55 Å². The molecular formula is C64H44N4. The number of aromatic nitrogens is 2. The average Bonchev–Trinajstić information content (AvgIpc) is 3.90. The molecule has 1 atom stereocenters. The third kappa shape index (κ3) is 6.26. The quantitative estimate of drug-likeness (QED) is 0.144. The van der Waals surface area contributed by atoms with E-state index in [1.807, 2.05) is 6.20 Å². The van der Waals surface area contributed by atoms with Gasteiger partial charge in [0.25, 0.3) is 0 Å². The van der Waals surface area contributed by atoms with Crippen molar-refractivity contribution in [1.29, 1.82) is 0 Å². The van der Waals surface area contributed by atoms with Gasteiger partial charge in [-0.3, -0.25) is 4.90 Å². The summed E-state index contributed by atoms with van der Waals surface area (Å²) >= 11 is 0. The molecule has 0 aliphatic heterocycles. The number of pyridine rings is 1. The van der Waals surface area contributed by atoms with Crippen LogP contribution in [0.3, 0.4) is 0 Å². The van der Waals surface area contributed by atoms with Crippen LogP contribution in [0, 0.1) is 0 Å². The molecule has 2 aromatic heterocycles. The summed E-state index contributed by atoms with van der Waals surface area (Å²) in [5.41, 5.74) is 15.2. The molecule has 0 bridgehead atoms. The first kappa shape index (κ1) is 39.4. The standard InChI is InChI=1S/C64H44N4/c1-5-21-49(22-6-1)64(68(51-25-9-3-10-26-51)52-27-11-4-12-28-52)59-31-17-15-29-55(59)56-39-37-54(43-60(56)64)66(53-36-33-45-19-13-14-20-46(45)41-53)63-40-35-48(44-65-63)47-34-38-58-57-30-16-18-32-61(57)67(62(58)42-47)50-23-7-2-8-24-50/h1-44H. The summed E-state index contributed by atoms with van der Waals surface area (Å²) in [6, 6.07) is 94.5. The smallest absolute Gasteiger partial charge is 0.137 e. The van der Waals surface area contributed by atoms with E-state index in [0.717, 1.165) is 50.9 Å². The molecule has 13 rings (SSSR count). The van der Waals surface area contributed by atoms with E-state index >= 15 is 0 Å². The van der Waals surface area contributed by atoms with Crippen molar-refractivity contribution in [2.24, 2.45) is 0 Å². The first-order chi connectivity index (χ1) is 33.7. The zero-order valence-corrected chi connectivity index (χ0v) is 37.2. The van der Waals surface area contributed by atoms with Crippen molar-refractivity contribution in [2.75, 3.05) is 9.80 Å². The number of benzene rings is 10. The Hall–Kier alpha value is -8.99. The van der Waals surface area contributed by atoms with Crippen LogP contribution in [0.4, 0.5) is 28.6 Å². The highest BCUT2D eigenvalue weighted by Gasteiger charge is 2.50. The average molecular weight is 869 g/mol. The van der Waals surface area contributed by atoms with E-state index in [4.69, 9.17) is 4.98 Å². The molecule has 0 radical (unpaired) electrons. The van der Waals surface area contributed by atoms with Gasteiger partial charge in [-0.1, -0.05) is 176 Å². The van der Waals surface area contributed by atoms with Crippen molar-refractivity contribution in [3.63, 3.8) is 0 Å². The van der Waals surface area contributed by atoms with E-state index in [2.05, 4.69) is 275 Å². The third-order valence-electron chi connectivity index (χ3n) is 13.8. The number of para-hydroxylation sites is 4.